The van der Waals surface area contributed by atoms with Crippen molar-refractivity contribution in [2.45, 2.75) is 18.9 Å². The second-order valence-corrected chi connectivity index (χ2v) is 5.43. The van der Waals surface area contributed by atoms with E-state index in [9.17, 15) is 4.79 Å². The summed E-state index contributed by atoms with van der Waals surface area (Å²) in [6.07, 6.45) is 3.60. The van der Waals surface area contributed by atoms with Crippen LogP contribution in [-0.2, 0) is 7.05 Å². The molecule has 2 heterocycles. The van der Waals surface area contributed by atoms with Gasteiger partial charge in [0, 0.05) is 24.8 Å². The topological polar surface area (TPSA) is 38.1 Å². The van der Waals surface area contributed by atoms with E-state index in [0.29, 0.717) is 5.69 Å². The van der Waals surface area contributed by atoms with Crippen molar-refractivity contribution in [2.24, 2.45) is 7.05 Å². The molecule has 0 saturated carbocycles. The van der Waals surface area contributed by atoms with E-state index in [-0.39, 0.29) is 11.9 Å². The molecule has 20 heavy (non-hydrogen) atoms. The van der Waals surface area contributed by atoms with Gasteiger partial charge in [0.05, 0.1) is 6.04 Å². The number of carbonyl (C=O) groups excluding carboxylic acids is 1. The van der Waals surface area contributed by atoms with Crippen molar-refractivity contribution in [3.63, 3.8) is 0 Å². The van der Waals surface area contributed by atoms with Gasteiger partial charge in [0.2, 0.25) is 0 Å². The molecule has 0 N–H and O–H groups in total. The van der Waals surface area contributed by atoms with E-state index in [1.807, 2.05) is 29.2 Å². The summed E-state index contributed by atoms with van der Waals surface area (Å²) in [6.45, 7) is 0.764. The van der Waals surface area contributed by atoms with Gasteiger partial charge in [-0.05, 0) is 30.5 Å². The van der Waals surface area contributed by atoms with Gasteiger partial charge in [-0.2, -0.15) is 5.10 Å². The van der Waals surface area contributed by atoms with E-state index in [2.05, 4.69) is 5.10 Å². The number of hydrogen-bond acceptors (Lipinski definition) is 2. The van der Waals surface area contributed by atoms with E-state index < -0.39 is 0 Å². The second kappa shape index (κ2) is 5.29. The van der Waals surface area contributed by atoms with Gasteiger partial charge in [-0.3, -0.25) is 9.48 Å². The van der Waals surface area contributed by atoms with E-state index in [4.69, 9.17) is 11.6 Å². The molecule has 4 nitrogen and oxygen atoms in total. The predicted octanol–water partition coefficient (Wildman–Crippen LogP) is 3.05. The lowest BCUT2D eigenvalue weighted by Crippen LogP contribution is -2.32. The summed E-state index contributed by atoms with van der Waals surface area (Å²) in [4.78, 5) is 14.5. The molecule has 0 bridgehead atoms. The Balaban J connectivity index is 1.92. The van der Waals surface area contributed by atoms with Crippen LogP contribution in [0, 0.1) is 0 Å². The number of carbonyl (C=O) groups is 1. The van der Waals surface area contributed by atoms with Crippen molar-refractivity contribution in [1.82, 2.24) is 14.7 Å². The molecular formula is C15H16ClN3O. The molecule has 1 aromatic heterocycles. The van der Waals surface area contributed by atoms with Gasteiger partial charge in [-0.25, -0.2) is 0 Å². The average Bonchev–Trinajstić information content (AvgIpc) is 3.07. The van der Waals surface area contributed by atoms with Crippen LogP contribution in [0.3, 0.4) is 0 Å². The third-order valence-corrected chi connectivity index (χ3v) is 4.16. The summed E-state index contributed by atoms with van der Waals surface area (Å²) < 4.78 is 1.62. The van der Waals surface area contributed by atoms with Crippen molar-refractivity contribution < 1.29 is 4.79 Å². The normalized spacial score (nSPS) is 18.5. The molecule has 2 aromatic rings. The molecule has 1 atom stereocenters. The first-order valence-corrected chi connectivity index (χ1v) is 7.09. The standard InChI is InChI=1S/C15H16ClN3O/c1-18-14(8-9-17-18)15(20)19-10-4-7-13(19)11-5-2-3-6-12(11)16/h2-3,5-6,8-9,13H,4,7,10H2,1H3/t13-/m1/s1. The fourth-order valence-corrected chi connectivity index (χ4v) is 3.07. The van der Waals surface area contributed by atoms with Gasteiger partial charge in [0.15, 0.2) is 0 Å². The predicted molar refractivity (Wildman–Crippen MR) is 77.7 cm³/mol. The molecule has 1 aromatic carbocycles. The molecule has 5 heteroatoms. The van der Waals surface area contributed by atoms with E-state index in [0.717, 1.165) is 30.0 Å². The van der Waals surface area contributed by atoms with Gasteiger partial charge in [-0.15, -0.1) is 0 Å². The number of aromatic nitrogens is 2. The summed E-state index contributed by atoms with van der Waals surface area (Å²) >= 11 is 6.27. The summed E-state index contributed by atoms with van der Waals surface area (Å²) in [6, 6.07) is 9.57. The Morgan fingerprint density at radius 2 is 2.15 bits per heavy atom. The van der Waals surface area contributed by atoms with Crippen LogP contribution in [0.2, 0.25) is 5.02 Å². The number of rotatable bonds is 2. The number of likely N-dealkylation sites (tertiary alicyclic amines) is 1. The Kier molecular flexibility index (Phi) is 3.49. The summed E-state index contributed by atoms with van der Waals surface area (Å²) in [5.74, 6) is 0.0208. The molecule has 104 valence electrons. The molecular weight excluding hydrogens is 274 g/mol. The quantitative estimate of drug-likeness (QED) is 0.852. The van der Waals surface area contributed by atoms with Crippen LogP contribution in [-0.4, -0.2) is 27.1 Å². The Labute approximate surface area is 123 Å². The highest BCUT2D eigenvalue weighted by atomic mass is 35.5. The third-order valence-electron chi connectivity index (χ3n) is 3.82. The lowest BCUT2D eigenvalue weighted by Gasteiger charge is -2.25. The molecule has 3 rings (SSSR count). The van der Waals surface area contributed by atoms with Crippen LogP contribution in [0.25, 0.3) is 0 Å². The van der Waals surface area contributed by atoms with Crippen LogP contribution in [0.1, 0.15) is 34.9 Å². The third kappa shape index (κ3) is 2.20. The number of benzene rings is 1. The van der Waals surface area contributed by atoms with Gasteiger partial charge in [-0.1, -0.05) is 29.8 Å². The molecule has 1 saturated heterocycles. The molecule has 1 fully saturated rings. The maximum atomic E-state index is 12.6. The SMILES string of the molecule is Cn1nccc1C(=O)N1CCC[C@@H]1c1ccccc1Cl. The number of aryl methyl sites for hydroxylation is 1. The molecule has 0 unspecified atom stereocenters. The van der Waals surface area contributed by atoms with Gasteiger partial charge >= 0.3 is 0 Å². The molecule has 0 spiro atoms. The van der Waals surface area contributed by atoms with Gasteiger partial charge < -0.3 is 4.90 Å². The summed E-state index contributed by atoms with van der Waals surface area (Å²) in [5.41, 5.74) is 1.64. The van der Waals surface area contributed by atoms with Gasteiger partial charge in [0.1, 0.15) is 5.69 Å². The minimum atomic E-state index is 0.0208. The highest BCUT2D eigenvalue weighted by Crippen LogP contribution is 2.36. The first kappa shape index (κ1) is 13.2. The monoisotopic (exact) mass is 289 g/mol. The fourth-order valence-electron chi connectivity index (χ4n) is 2.81. The first-order valence-electron chi connectivity index (χ1n) is 6.72. The molecule has 0 aliphatic carbocycles. The average molecular weight is 290 g/mol. The van der Waals surface area contributed by atoms with Crippen LogP contribution in [0.4, 0.5) is 0 Å². The summed E-state index contributed by atoms with van der Waals surface area (Å²) in [7, 11) is 1.79. The van der Waals surface area contributed by atoms with Crippen LogP contribution in [0.5, 0.6) is 0 Å². The number of amides is 1. The molecule has 1 aliphatic rings. The number of nitrogens with zero attached hydrogens (tertiary/aromatic N) is 3. The Bertz CT molecular complexity index is 638. The minimum absolute atomic E-state index is 0.0208. The van der Waals surface area contributed by atoms with Crippen LogP contribution in [0.15, 0.2) is 36.5 Å². The largest absolute Gasteiger partial charge is 0.330 e. The molecule has 0 radical (unpaired) electrons. The fraction of sp³-hybridized carbons (Fsp3) is 0.333. The van der Waals surface area contributed by atoms with E-state index >= 15 is 0 Å². The van der Waals surface area contributed by atoms with E-state index in [1.54, 1.807) is 24.0 Å². The van der Waals surface area contributed by atoms with Crippen molar-refractivity contribution in [2.75, 3.05) is 6.54 Å². The van der Waals surface area contributed by atoms with Crippen molar-refractivity contribution in [3.05, 3.63) is 52.8 Å². The molecule has 1 aliphatic heterocycles. The van der Waals surface area contributed by atoms with Crippen molar-refractivity contribution in [3.8, 4) is 0 Å². The molecule has 1 amide bonds. The maximum absolute atomic E-state index is 12.6. The Hall–Kier alpha value is -1.81. The number of halogens is 1. The Morgan fingerprint density at radius 1 is 1.35 bits per heavy atom. The van der Waals surface area contributed by atoms with Crippen LogP contribution >= 0.6 is 11.6 Å². The van der Waals surface area contributed by atoms with Gasteiger partial charge in [0.25, 0.3) is 5.91 Å². The summed E-state index contributed by atoms with van der Waals surface area (Å²) in [5, 5.41) is 4.79. The second-order valence-electron chi connectivity index (χ2n) is 5.02. The number of hydrogen-bond donors (Lipinski definition) is 0. The maximum Gasteiger partial charge on any atom is 0.272 e. The zero-order valence-electron chi connectivity index (χ0n) is 11.3. The van der Waals surface area contributed by atoms with Crippen LogP contribution < -0.4 is 0 Å². The minimum Gasteiger partial charge on any atom is -0.330 e. The Morgan fingerprint density at radius 3 is 2.85 bits per heavy atom. The zero-order valence-corrected chi connectivity index (χ0v) is 12.0. The van der Waals surface area contributed by atoms with Crippen molar-refractivity contribution in [1.29, 1.82) is 0 Å². The zero-order chi connectivity index (χ0) is 14.1. The smallest absolute Gasteiger partial charge is 0.272 e. The van der Waals surface area contributed by atoms with Crippen molar-refractivity contribution >= 4 is 17.5 Å². The first-order chi connectivity index (χ1) is 9.68. The van der Waals surface area contributed by atoms with E-state index in [1.165, 1.54) is 0 Å². The highest BCUT2D eigenvalue weighted by molar-refractivity contribution is 6.31. The highest BCUT2D eigenvalue weighted by Gasteiger charge is 2.32. The lowest BCUT2D eigenvalue weighted by molar-refractivity contribution is 0.0724. The lowest BCUT2D eigenvalue weighted by atomic mass is 10.0.